The number of anilines is 1. The van der Waals surface area contributed by atoms with Gasteiger partial charge in [0.2, 0.25) is 17.8 Å². The number of nitrogens with one attached hydrogen (secondary N) is 2. The van der Waals surface area contributed by atoms with E-state index in [0.717, 1.165) is 24.8 Å². The fourth-order valence-corrected chi connectivity index (χ4v) is 2.90. The number of carbonyl (C=O) groups excluding carboxylic acids is 2. The summed E-state index contributed by atoms with van der Waals surface area (Å²) in [6.07, 6.45) is 6.86. The van der Waals surface area contributed by atoms with Gasteiger partial charge in [0.25, 0.3) is 0 Å². The van der Waals surface area contributed by atoms with Crippen LogP contribution in [0.15, 0.2) is 23.0 Å². The lowest BCUT2D eigenvalue weighted by molar-refractivity contribution is -0.140. The van der Waals surface area contributed by atoms with Crippen molar-refractivity contribution in [1.82, 2.24) is 20.1 Å². The maximum Gasteiger partial charge on any atom is 0.249 e. The summed E-state index contributed by atoms with van der Waals surface area (Å²) in [5.41, 5.74) is 0.750. The number of nitrogens with zero attached hydrogens (tertiary/aromatic N) is 3. The summed E-state index contributed by atoms with van der Waals surface area (Å²) in [6.45, 7) is 2.59. The van der Waals surface area contributed by atoms with E-state index in [1.165, 1.54) is 6.26 Å². The molecule has 0 aliphatic carbocycles. The Balaban J connectivity index is 1.68. The largest absolute Gasteiger partial charge is 0.472 e. The van der Waals surface area contributed by atoms with Crippen molar-refractivity contribution in [3.05, 3.63) is 18.6 Å². The molecule has 0 bridgehead atoms. The molecule has 8 heteroatoms. The molecule has 0 spiro atoms. The van der Waals surface area contributed by atoms with Crippen molar-refractivity contribution in [1.29, 1.82) is 0 Å². The second kappa shape index (κ2) is 7.29. The molecule has 8 nitrogen and oxygen atoms in total. The van der Waals surface area contributed by atoms with E-state index in [9.17, 15) is 9.59 Å². The Morgan fingerprint density at radius 1 is 1.46 bits per heavy atom. The smallest absolute Gasteiger partial charge is 0.249 e. The number of H-pyrrole nitrogens is 1. The van der Waals surface area contributed by atoms with Crippen LogP contribution in [0, 0.1) is 0 Å². The first kappa shape index (κ1) is 16.2. The minimum absolute atomic E-state index is 0.0337. The lowest BCUT2D eigenvalue weighted by Crippen LogP contribution is -2.50. The average Bonchev–Trinajstić information content (AvgIpc) is 3.26. The molecule has 1 fully saturated rings. The van der Waals surface area contributed by atoms with Crippen LogP contribution in [0.2, 0.25) is 0 Å². The number of carbonyl (C=O) groups is 2. The zero-order chi connectivity index (χ0) is 16.9. The summed E-state index contributed by atoms with van der Waals surface area (Å²) >= 11 is 0. The van der Waals surface area contributed by atoms with Crippen molar-refractivity contribution in [3.63, 3.8) is 0 Å². The molecule has 0 saturated carbocycles. The van der Waals surface area contributed by atoms with Crippen LogP contribution in [0.5, 0.6) is 0 Å². The maximum absolute atomic E-state index is 12.6. The van der Waals surface area contributed by atoms with Gasteiger partial charge in [0.05, 0.1) is 11.8 Å². The normalized spacial score (nSPS) is 17.7. The fourth-order valence-electron chi connectivity index (χ4n) is 2.90. The molecule has 0 radical (unpaired) electrons. The lowest BCUT2D eigenvalue weighted by Gasteiger charge is -2.34. The summed E-state index contributed by atoms with van der Waals surface area (Å²) in [5.74, 6) is 0.509. The summed E-state index contributed by atoms with van der Waals surface area (Å²) < 4.78 is 5.00. The van der Waals surface area contributed by atoms with Gasteiger partial charge in [0.1, 0.15) is 12.3 Å². The molecule has 1 saturated heterocycles. The maximum atomic E-state index is 12.6. The Kier molecular flexibility index (Phi) is 4.93. The average molecular weight is 331 g/mol. The van der Waals surface area contributed by atoms with Crippen molar-refractivity contribution in [2.24, 2.45) is 0 Å². The van der Waals surface area contributed by atoms with Gasteiger partial charge in [0, 0.05) is 13.0 Å². The van der Waals surface area contributed by atoms with Gasteiger partial charge < -0.3 is 9.32 Å². The van der Waals surface area contributed by atoms with E-state index < -0.39 is 6.04 Å². The van der Waals surface area contributed by atoms with Crippen LogP contribution in [0.4, 0.5) is 5.95 Å². The van der Waals surface area contributed by atoms with Crippen LogP contribution in [-0.2, 0) is 9.59 Å². The molecule has 3 heterocycles. The second-order valence-corrected chi connectivity index (χ2v) is 5.86. The minimum atomic E-state index is -0.450. The van der Waals surface area contributed by atoms with Crippen LogP contribution in [-0.4, -0.2) is 44.5 Å². The van der Waals surface area contributed by atoms with E-state index in [1.807, 2.05) is 6.92 Å². The van der Waals surface area contributed by atoms with E-state index >= 15 is 0 Å². The van der Waals surface area contributed by atoms with Crippen LogP contribution in [0.1, 0.15) is 39.0 Å². The highest BCUT2D eigenvalue weighted by atomic mass is 16.3. The summed E-state index contributed by atoms with van der Waals surface area (Å²) in [6, 6.07) is 1.30. The first-order chi connectivity index (χ1) is 11.7. The first-order valence-corrected chi connectivity index (χ1v) is 8.24. The molecule has 2 N–H and O–H groups in total. The van der Waals surface area contributed by atoms with Crippen LogP contribution in [0.25, 0.3) is 11.4 Å². The molecule has 0 unspecified atom stereocenters. The van der Waals surface area contributed by atoms with Crippen molar-refractivity contribution in [2.45, 2.75) is 45.1 Å². The molecule has 1 aliphatic rings. The zero-order valence-electron chi connectivity index (χ0n) is 13.6. The Morgan fingerprint density at radius 2 is 2.33 bits per heavy atom. The molecule has 2 aromatic heterocycles. The van der Waals surface area contributed by atoms with E-state index in [-0.39, 0.29) is 17.8 Å². The number of likely N-dealkylation sites (tertiary alicyclic amines) is 1. The molecule has 2 amide bonds. The van der Waals surface area contributed by atoms with Crippen LogP contribution in [0.3, 0.4) is 0 Å². The van der Waals surface area contributed by atoms with E-state index in [2.05, 4.69) is 20.5 Å². The van der Waals surface area contributed by atoms with Gasteiger partial charge in [-0.05, 0) is 31.7 Å². The van der Waals surface area contributed by atoms with Crippen molar-refractivity contribution >= 4 is 17.8 Å². The standard InChI is InChI=1S/C16H21N5O3/c1-2-5-13(22)21-8-4-3-6-12(21)15(23)18-16-17-14(19-20-16)11-7-9-24-10-11/h7,9-10,12H,2-6,8H2,1H3,(H2,17,18,19,20,23)/t12-/m1/s1. The van der Waals surface area contributed by atoms with Gasteiger partial charge in [-0.3, -0.25) is 20.0 Å². The number of hydrogen-bond donors (Lipinski definition) is 2. The van der Waals surface area contributed by atoms with Gasteiger partial charge in [-0.1, -0.05) is 6.92 Å². The topological polar surface area (TPSA) is 104 Å². The van der Waals surface area contributed by atoms with Gasteiger partial charge >= 0.3 is 0 Å². The highest BCUT2D eigenvalue weighted by molar-refractivity contribution is 5.96. The molecule has 128 valence electrons. The number of amides is 2. The van der Waals surface area contributed by atoms with Crippen LogP contribution >= 0.6 is 0 Å². The molecule has 2 aromatic rings. The Hall–Kier alpha value is -2.64. The van der Waals surface area contributed by atoms with Gasteiger partial charge in [0.15, 0.2) is 5.82 Å². The summed E-state index contributed by atoms with van der Waals surface area (Å²) in [4.78, 5) is 30.7. The Bertz CT molecular complexity index is 694. The van der Waals surface area contributed by atoms with E-state index in [1.54, 1.807) is 17.2 Å². The minimum Gasteiger partial charge on any atom is -0.472 e. The lowest BCUT2D eigenvalue weighted by atomic mass is 10.0. The van der Waals surface area contributed by atoms with E-state index in [4.69, 9.17) is 4.42 Å². The number of furan rings is 1. The molecule has 0 aromatic carbocycles. The third kappa shape index (κ3) is 3.47. The molecule has 1 atom stereocenters. The zero-order valence-corrected chi connectivity index (χ0v) is 13.6. The summed E-state index contributed by atoms with van der Waals surface area (Å²) in [7, 11) is 0. The molecule has 1 aliphatic heterocycles. The molecular weight excluding hydrogens is 310 g/mol. The SMILES string of the molecule is CCCC(=O)N1CCCC[C@@H]1C(=O)Nc1n[nH]c(-c2ccoc2)n1. The van der Waals surface area contributed by atoms with Crippen molar-refractivity contribution < 1.29 is 14.0 Å². The Morgan fingerprint density at radius 3 is 3.08 bits per heavy atom. The summed E-state index contributed by atoms with van der Waals surface area (Å²) in [5, 5.41) is 9.46. The number of rotatable bonds is 5. The second-order valence-electron chi connectivity index (χ2n) is 5.86. The third-order valence-electron chi connectivity index (χ3n) is 4.10. The van der Waals surface area contributed by atoms with Crippen molar-refractivity contribution in [3.8, 4) is 11.4 Å². The fraction of sp³-hybridized carbons (Fsp3) is 0.500. The number of hydrogen-bond acceptors (Lipinski definition) is 5. The van der Waals surface area contributed by atoms with Gasteiger partial charge in [-0.15, -0.1) is 5.10 Å². The molecular formula is C16H21N5O3. The number of aromatic nitrogens is 3. The molecule has 3 rings (SSSR count). The number of piperidine rings is 1. The van der Waals surface area contributed by atoms with Crippen molar-refractivity contribution in [2.75, 3.05) is 11.9 Å². The third-order valence-corrected chi connectivity index (χ3v) is 4.10. The van der Waals surface area contributed by atoms with Gasteiger partial charge in [-0.25, -0.2) is 0 Å². The first-order valence-electron chi connectivity index (χ1n) is 8.24. The number of aromatic amines is 1. The highest BCUT2D eigenvalue weighted by Crippen LogP contribution is 2.20. The predicted octanol–water partition coefficient (Wildman–Crippen LogP) is 2.18. The molecule has 24 heavy (non-hydrogen) atoms. The Labute approximate surface area is 139 Å². The quantitative estimate of drug-likeness (QED) is 0.874. The monoisotopic (exact) mass is 331 g/mol. The van der Waals surface area contributed by atoms with E-state index in [0.29, 0.717) is 25.2 Å². The van der Waals surface area contributed by atoms with Crippen LogP contribution < -0.4 is 5.32 Å². The van der Waals surface area contributed by atoms with Gasteiger partial charge in [-0.2, -0.15) is 4.98 Å². The predicted molar refractivity (Wildman–Crippen MR) is 87.0 cm³/mol. The highest BCUT2D eigenvalue weighted by Gasteiger charge is 2.32.